The Labute approximate surface area is 292 Å². The fourth-order valence-corrected chi connectivity index (χ4v) is 7.35. The van der Waals surface area contributed by atoms with Crippen LogP contribution in [-0.4, -0.2) is 64.9 Å². The van der Waals surface area contributed by atoms with Gasteiger partial charge in [0.1, 0.15) is 17.7 Å². The second kappa shape index (κ2) is 13.8. The maximum Gasteiger partial charge on any atom is 0.334 e. The molecule has 1 saturated heterocycles. The van der Waals surface area contributed by atoms with Crippen LogP contribution in [0.4, 0.5) is 0 Å². The molecule has 0 radical (unpaired) electrons. The molecule has 9 nitrogen and oxygen atoms in total. The minimum absolute atomic E-state index is 0.193. The summed E-state index contributed by atoms with van der Waals surface area (Å²) >= 11 is 1.26. The van der Waals surface area contributed by atoms with Crippen molar-refractivity contribution in [3.63, 3.8) is 0 Å². The summed E-state index contributed by atoms with van der Waals surface area (Å²) in [6, 6.07) is 21.3. The van der Waals surface area contributed by atoms with Crippen molar-refractivity contribution in [3.05, 3.63) is 112 Å². The van der Waals surface area contributed by atoms with E-state index < -0.39 is 41.1 Å². The van der Waals surface area contributed by atoms with Crippen LogP contribution in [0, 0.1) is 0 Å². The van der Waals surface area contributed by atoms with E-state index in [-0.39, 0.29) is 23.2 Å². The van der Waals surface area contributed by atoms with E-state index in [1.165, 1.54) is 30.7 Å². The van der Waals surface area contributed by atoms with Gasteiger partial charge in [0.25, 0.3) is 11.6 Å². The normalized spacial score (nSPS) is 20.9. The van der Waals surface area contributed by atoms with E-state index in [1.54, 1.807) is 11.6 Å². The van der Waals surface area contributed by atoms with Crippen LogP contribution in [0.15, 0.2) is 88.8 Å². The van der Waals surface area contributed by atoms with E-state index in [9.17, 15) is 19.5 Å². The molecule has 3 aromatic carbocycles. The molecular weight excluding hydrogens is 641 g/mol. The van der Waals surface area contributed by atoms with E-state index >= 15 is 0 Å². The predicted molar refractivity (Wildman–Crippen MR) is 190 cm³/mol. The summed E-state index contributed by atoms with van der Waals surface area (Å²) in [6.45, 7) is 13.2. The number of hydrogen-bond donors (Lipinski definition) is 1. The molecule has 0 saturated carbocycles. The molecule has 1 N–H and O–H groups in total. The number of phenols is 1. The molecule has 5 rings (SSSR count). The highest BCUT2D eigenvalue weighted by Gasteiger charge is 2.67. The Morgan fingerprint density at radius 1 is 0.959 bits per heavy atom. The minimum Gasteiger partial charge on any atom is -0.507 e. The first-order valence-electron chi connectivity index (χ1n) is 16.2. The van der Waals surface area contributed by atoms with Crippen LogP contribution in [-0.2, 0) is 39.4 Å². The van der Waals surface area contributed by atoms with E-state index in [1.807, 2.05) is 114 Å². The van der Waals surface area contributed by atoms with Gasteiger partial charge < -0.3 is 24.2 Å². The van der Waals surface area contributed by atoms with Crippen molar-refractivity contribution < 1.29 is 33.7 Å². The molecule has 258 valence electrons. The van der Waals surface area contributed by atoms with Gasteiger partial charge in [0, 0.05) is 36.9 Å². The number of carbonyl (C=O) groups is 3. The number of nitrogens with zero attached hydrogens (tertiary/aromatic N) is 2. The van der Waals surface area contributed by atoms with Crippen molar-refractivity contribution in [3.8, 4) is 5.75 Å². The molecule has 0 aliphatic carbocycles. The minimum atomic E-state index is -1.63. The Morgan fingerprint density at radius 3 is 1.96 bits per heavy atom. The lowest BCUT2D eigenvalue weighted by Gasteiger charge is -2.55. The summed E-state index contributed by atoms with van der Waals surface area (Å²) in [4.78, 5) is 46.3. The largest absolute Gasteiger partial charge is 0.507 e. The second-order valence-electron chi connectivity index (χ2n) is 14.3. The van der Waals surface area contributed by atoms with Gasteiger partial charge in [-0.15, -0.1) is 11.8 Å². The highest BCUT2D eigenvalue weighted by atomic mass is 32.2. The first-order valence-corrected chi connectivity index (χ1v) is 17.1. The lowest BCUT2D eigenvalue weighted by atomic mass is 9.78. The molecule has 3 atom stereocenters. The highest BCUT2D eigenvalue weighted by molar-refractivity contribution is 8.03. The van der Waals surface area contributed by atoms with Crippen molar-refractivity contribution in [2.45, 2.75) is 82.5 Å². The van der Waals surface area contributed by atoms with Crippen molar-refractivity contribution in [1.29, 1.82) is 0 Å². The number of methoxy groups -OCH3 is 1. The Bertz CT molecular complexity index is 1700. The molecule has 1 fully saturated rings. The summed E-state index contributed by atoms with van der Waals surface area (Å²) in [6.07, 6.45) is 0.846. The number of β-lactam (4-membered cyclic amide) rings is 1. The van der Waals surface area contributed by atoms with Gasteiger partial charge in [-0.05, 0) is 45.1 Å². The van der Waals surface area contributed by atoms with Crippen molar-refractivity contribution >= 4 is 35.8 Å². The number of fused-ring (bicyclic) bond motifs is 1. The molecule has 0 spiro atoms. The number of thioether (sulfide) groups is 1. The number of aliphatic imine (C=N–C) groups is 1. The van der Waals surface area contributed by atoms with Gasteiger partial charge in [-0.2, -0.15) is 0 Å². The van der Waals surface area contributed by atoms with Crippen LogP contribution in [0.1, 0.15) is 82.4 Å². The SMILES string of the molecule is CO[C@@]1(N=Cc2cc(C(C)(C)C)c(O)c(C(C)(C)C)c2)C(=O)N2C(C(=O)OC(c3ccccc3)c3ccccc3)C(COC(C)=O)=CS[C@H]21. The maximum atomic E-state index is 14.2. The number of rotatable bonds is 9. The summed E-state index contributed by atoms with van der Waals surface area (Å²) in [5.74, 6) is -1.48. The molecular formula is C39H44N2O7S. The first-order chi connectivity index (χ1) is 23.1. The third-order valence-corrected chi connectivity index (χ3v) is 9.92. The van der Waals surface area contributed by atoms with E-state index in [0.717, 1.165) is 22.3 Å². The van der Waals surface area contributed by atoms with Gasteiger partial charge in [-0.3, -0.25) is 9.59 Å². The Kier molecular flexibility index (Phi) is 10.1. The maximum absolute atomic E-state index is 14.2. The summed E-state index contributed by atoms with van der Waals surface area (Å²) in [5, 5.41) is 12.2. The zero-order valence-electron chi connectivity index (χ0n) is 29.2. The molecule has 2 heterocycles. The average Bonchev–Trinajstić information content (AvgIpc) is 3.06. The molecule has 49 heavy (non-hydrogen) atoms. The molecule has 2 aliphatic heterocycles. The van der Waals surface area contributed by atoms with Gasteiger partial charge in [0.15, 0.2) is 12.1 Å². The zero-order chi connectivity index (χ0) is 35.7. The standard InChI is InChI=1S/C39H44N2O7S/c1-24(42)47-22-28-23-49-36-39(46-8,40-21-25-19-29(37(2,3)4)32(43)30(20-25)38(5,6)7)35(45)41(36)31(28)34(44)48-33(26-15-11-9-12-16-26)27-17-13-10-14-18-27/h9-21,23,31,33,36,43H,22H2,1-8H3/t31?,36-,39-/m0/s1. The summed E-state index contributed by atoms with van der Waals surface area (Å²) in [7, 11) is 1.41. The molecule has 10 heteroatoms. The quantitative estimate of drug-likeness (QED) is 0.149. The molecule has 1 amide bonds. The van der Waals surface area contributed by atoms with E-state index in [0.29, 0.717) is 11.1 Å². The topological polar surface area (TPSA) is 115 Å². The number of carbonyl (C=O) groups excluding carboxylic acids is 3. The number of benzene rings is 3. The Balaban J connectivity index is 1.51. The number of aromatic hydroxyl groups is 1. The summed E-state index contributed by atoms with van der Waals surface area (Å²) in [5.41, 5.74) is 1.80. The lowest BCUT2D eigenvalue weighted by molar-refractivity contribution is -0.194. The molecule has 0 aromatic heterocycles. The van der Waals surface area contributed by atoms with Crippen molar-refractivity contribution in [2.24, 2.45) is 4.99 Å². The molecule has 1 unspecified atom stereocenters. The van der Waals surface area contributed by atoms with Gasteiger partial charge >= 0.3 is 11.9 Å². The van der Waals surface area contributed by atoms with Crippen molar-refractivity contribution in [2.75, 3.05) is 13.7 Å². The molecule has 3 aromatic rings. The number of hydrogen-bond acceptors (Lipinski definition) is 9. The lowest BCUT2D eigenvalue weighted by Crippen LogP contribution is -2.77. The van der Waals surface area contributed by atoms with Gasteiger partial charge in [-0.1, -0.05) is 102 Å². The highest BCUT2D eigenvalue weighted by Crippen LogP contribution is 2.49. The Hall–Kier alpha value is -4.41. The van der Waals surface area contributed by atoms with E-state index in [2.05, 4.69) is 0 Å². The second-order valence-corrected chi connectivity index (χ2v) is 15.3. The predicted octanol–water partition coefficient (Wildman–Crippen LogP) is 6.81. The average molecular weight is 685 g/mol. The van der Waals surface area contributed by atoms with Crippen LogP contribution < -0.4 is 0 Å². The zero-order valence-corrected chi connectivity index (χ0v) is 30.0. The van der Waals surface area contributed by atoms with Crippen LogP contribution in [0.2, 0.25) is 0 Å². The van der Waals surface area contributed by atoms with Crippen LogP contribution in [0.25, 0.3) is 0 Å². The number of ether oxygens (including phenoxy) is 3. The summed E-state index contributed by atoms with van der Waals surface area (Å²) < 4.78 is 17.4. The van der Waals surface area contributed by atoms with Crippen LogP contribution >= 0.6 is 11.8 Å². The smallest absolute Gasteiger partial charge is 0.334 e. The number of amides is 1. The molecule has 2 aliphatic rings. The monoisotopic (exact) mass is 684 g/mol. The van der Waals surface area contributed by atoms with Gasteiger partial charge in [0.2, 0.25) is 0 Å². The van der Waals surface area contributed by atoms with Gasteiger partial charge in [0.05, 0.1) is 0 Å². The number of esters is 2. The van der Waals surface area contributed by atoms with Gasteiger partial charge in [-0.25, -0.2) is 9.79 Å². The third kappa shape index (κ3) is 7.16. The van der Waals surface area contributed by atoms with Crippen molar-refractivity contribution in [1.82, 2.24) is 4.90 Å². The molecule has 0 bridgehead atoms. The third-order valence-electron chi connectivity index (χ3n) is 8.67. The fraction of sp³-hybridized carbons (Fsp3) is 0.385. The van der Waals surface area contributed by atoms with E-state index in [4.69, 9.17) is 19.2 Å². The fourth-order valence-electron chi connectivity index (χ4n) is 6.06. The Morgan fingerprint density at radius 2 is 1.49 bits per heavy atom. The first kappa shape index (κ1) is 35.9. The van der Waals surface area contributed by atoms with Crippen LogP contribution in [0.5, 0.6) is 5.75 Å². The van der Waals surface area contributed by atoms with Crippen LogP contribution in [0.3, 0.4) is 0 Å². The number of phenolic OH excluding ortho intramolecular Hbond substituents is 1.